The molecule has 1 aliphatic rings. The van der Waals surface area contributed by atoms with Gasteiger partial charge in [-0.2, -0.15) is 4.98 Å². The second-order valence-corrected chi connectivity index (χ2v) is 9.22. The van der Waals surface area contributed by atoms with E-state index in [1.165, 1.54) is 0 Å². The third-order valence-corrected chi connectivity index (χ3v) is 6.47. The van der Waals surface area contributed by atoms with Crippen LogP contribution in [0.2, 0.25) is 0 Å². The van der Waals surface area contributed by atoms with Crippen molar-refractivity contribution in [2.45, 2.75) is 30.7 Å². The number of nitrogens with one attached hydrogen (secondary N) is 1. The van der Waals surface area contributed by atoms with E-state index in [0.29, 0.717) is 31.1 Å². The van der Waals surface area contributed by atoms with Crippen molar-refractivity contribution in [1.82, 2.24) is 19.8 Å². The highest BCUT2D eigenvalue weighted by Crippen LogP contribution is 2.30. The molecule has 1 N–H and O–H groups in total. The number of hydrogen-bond acceptors (Lipinski definition) is 6. The van der Waals surface area contributed by atoms with Gasteiger partial charge < -0.3 is 4.52 Å². The van der Waals surface area contributed by atoms with Crippen molar-refractivity contribution >= 4 is 10.0 Å². The number of aromatic nitrogens is 2. The quantitative estimate of drug-likeness (QED) is 0.642. The molecule has 0 unspecified atom stereocenters. The Balaban J connectivity index is 1.38. The lowest BCUT2D eigenvalue weighted by Crippen LogP contribution is -2.37. The second-order valence-electron chi connectivity index (χ2n) is 7.46. The van der Waals surface area contributed by atoms with Crippen LogP contribution >= 0.6 is 0 Å². The number of nitrogens with zero attached hydrogens (tertiary/aromatic N) is 3. The molecule has 8 heteroatoms. The van der Waals surface area contributed by atoms with E-state index in [1.54, 1.807) is 0 Å². The Morgan fingerprint density at radius 1 is 1.07 bits per heavy atom. The predicted molar refractivity (Wildman–Crippen MR) is 110 cm³/mol. The summed E-state index contributed by atoms with van der Waals surface area (Å²) in [5.74, 6) is 1.14. The molecule has 1 saturated heterocycles. The van der Waals surface area contributed by atoms with Crippen LogP contribution in [0.1, 0.15) is 35.3 Å². The van der Waals surface area contributed by atoms with E-state index in [4.69, 9.17) is 4.52 Å². The monoisotopic (exact) mass is 412 g/mol. The maximum atomic E-state index is 12.5. The largest absolute Gasteiger partial charge is 0.338 e. The molecule has 0 amide bonds. The minimum atomic E-state index is -3.43. The van der Waals surface area contributed by atoms with E-state index in [1.807, 2.05) is 67.7 Å². The normalized spacial score (nSPS) is 20.2. The Morgan fingerprint density at radius 2 is 1.72 bits per heavy atom. The minimum Gasteiger partial charge on any atom is -0.338 e. The van der Waals surface area contributed by atoms with Crippen LogP contribution in [0.3, 0.4) is 0 Å². The smallest absolute Gasteiger partial charge is 0.244 e. The SMILES string of the molecule is CN1C[C@@H](NS(=O)(=O)Cc2ccccc2)C[C@H]1c1nc(Cc2ccccc2)no1. The molecule has 3 aromatic rings. The van der Waals surface area contributed by atoms with Crippen molar-refractivity contribution in [3.63, 3.8) is 0 Å². The lowest BCUT2D eigenvalue weighted by atomic mass is 10.1. The van der Waals surface area contributed by atoms with Crippen molar-refractivity contribution in [1.29, 1.82) is 0 Å². The van der Waals surface area contributed by atoms with Gasteiger partial charge in [0.15, 0.2) is 5.82 Å². The summed E-state index contributed by atoms with van der Waals surface area (Å²) in [7, 11) is -1.48. The maximum Gasteiger partial charge on any atom is 0.244 e. The lowest BCUT2D eigenvalue weighted by molar-refractivity contribution is 0.244. The topological polar surface area (TPSA) is 88.3 Å². The maximum absolute atomic E-state index is 12.5. The molecule has 7 nitrogen and oxygen atoms in total. The first-order chi connectivity index (χ1) is 14.0. The summed E-state index contributed by atoms with van der Waals surface area (Å²) in [6, 6.07) is 18.9. The summed E-state index contributed by atoms with van der Waals surface area (Å²) in [5.41, 5.74) is 1.89. The molecule has 0 saturated carbocycles. The molecule has 1 aromatic heterocycles. The Morgan fingerprint density at radius 3 is 2.41 bits per heavy atom. The minimum absolute atomic E-state index is 0.0273. The molecule has 0 spiro atoms. The van der Waals surface area contributed by atoms with Gasteiger partial charge in [0, 0.05) is 19.0 Å². The third kappa shape index (κ3) is 5.09. The molecule has 0 aliphatic carbocycles. The first kappa shape index (κ1) is 19.8. The van der Waals surface area contributed by atoms with Gasteiger partial charge in [0.25, 0.3) is 0 Å². The molecular weight excluding hydrogens is 388 g/mol. The van der Waals surface area contributed by atoms with Gasteiger partial charge in [-0.1, -0.05) is 65.8 Å². The van der Waals surface area contributed by atoms with Gasteiger partial charge in [0.2, 0.25) is 15.9 Å². The predicted octanol–water partition coefficient (Wildman–Crippen LogP) is 2.53. The Kier molecular flexibility index (Phi) is 5.75. The fraction of sp³-hybridized carbons (Fsp3) is 0.333. The molecule has 2 atom stereocenters. The summed E-state index contributed by atoms with van der Waals surface area (Å²) in [5, 5.41) is 4.09. The second kappa shape index (κ2) is 8.44. The van der Waals surface area contributed by atoms with Crippen molar-refractivity contribution in [2.75, 3.05) is 13.6 Å². The molecule has 1 aliphatic heterocycles. The summed E-state index contributed by atoms with van der Waals surface area (Å²) in [4.78, 5) is 6.59. The fourth-order valence-corrected chi connectivity index (χ4v) is 5.11. The van der Waals surface area contributed by atoms with Crippen LogP contribution < -0.4 is 4.72 Å². The average Bonchev–Trinajstić information content (AvgIpc) is 3.28. The number of likely N-dealkylation sites (tertiary alicyclic amines) is 1. The van der Waals surface area contributed by atoms with Gasteiger partial charge in [0.1, 0.15) is 0 Å². The van der Waals surface area contributed by atoms with Crippen molar-refractivity contribution in [3.05, 3.63) is 83.5 Å². The Bertz CT molecular complexity index is 1040. The van der Waals surface area contributed by atoms with Gasteiger partial charge in [-0.3, -0.25) is 4.90 Å². The number of rotatable bonds is 7. The van der Waals surface area contributed by atoms with Crippen LogP contribution in [0.15, 0.2) is 65.2 Å². The highest BCUT2D eigenvalue weighted by atomic mass is 32.2. The van der Waals surface area contributed by atoms with E-state index in [0.717, 1.165) is 11.1 Å². The van der Waals surface area contributed by atoms with E-state index >= 15 is 0 Å². The van der Waals surface area contributed by atoms with E-state index in [-0.39, 0.29) is 17.8 Å². The van der Waals surface area contributed by atoms with Gasteiger partial charge in [-0.15, -0.1) is 0 Å². The van der Waals surface area contributed by atoms with Gasteiger partial charge in [-0.05, 0) is 24.6 Å². The van der Waals surface area contributed by atoms with E-state index in [9.17, 15) is 8.42 Å². The zero-order chi connectivity index (χ0) is 20.3. The van der Waals surface area contributed by atoms with Gasteiger partial charge in [0.05, 0.1) is 11.8 Å². The molecule has 2 heterocycles. The van der Waals surface area contributed by atoms with E-state index < -0.39 is 10.0 Å². The standard InChI is InChI=1S/C21H24N4O3S/c1-25-14-18(24-29(26,27)15-17-10-6-3-7-11-17)13-19(25)21-22-20(23-28-21)12-16-8-4-2-5-9-16/h2-11,18-19,24H,12-15H2,1H3/t18-,19-/m0/s1. The fourth-order valence-electron chi connectivity index (χ4n) is 3.72. The van der Waals surface area contributed by atoms with Crippen LogP contribution in [0.5, 0.6) is 0 Å². The molecule has 152 valence electrons. The van der Waals surface area contributed by atoms with Gasteiger partial charge in [-0.25, -0.2) is 13.1 Å². The lowest BCUT2D eigenvalue weighted by Gasteiger charge is -2.14. The molecule has 4 rings (SSSR count). The highest BCUT2D eigenvalue weighted by Gasteiger charge is 2.36. The number of hydrogen-bond donors (Lipinski definition) is 1. The highest BCUT2D eigenvalue weighted by molar-refractivity contribution is 7.88. The number of likely N-dealkylation sites (N-methyl/N-ethyl adjacent to an activating group) is 1. The number of benzene rings is 2. The van der Waals surface area contributed by atoms with Crippen LogP contribution in [0.25, 0.3) is 0 Å². The van der Waals surface area contributed by atoms with Crippen LogP contribution in [0, 0.1) is 0 Å². The van der Waals surface area contributed by atoms with Gasteiger partial charge >= 0.3 is 0 Å². The zero-order valence-electron chi connectivity index (χ0n) is 16.2. The zero-order valence-corrected chi connectivity index (χ0v) is 17.0. The molecule has 0 bridgehead atoms. The summed E-state index contributed by atoms with van der Waals surface area (Å²) >= 11 is 0. The van der Waals surface area contributed by atoms with Crippen LogP contribution in [-0.4, -0.2) is 43.1 Å². The molecular formula is C21H24N4O3S. The van der Waals surface area contributed by atoms with Crippen LogP contribution in [0.4, 0.5) is 0 Å². The summed E-state index contributed by atoms with van der Waals surface area (Å²) in [6.07, 6.45) is 1.20. The van der Waals surface area contributed by atoms with Crippen molar-refractivity contribution < 1.29 is 12.9 Å². The Labute approximate surface area is 170 Å². The average molecular weight is 413 g/mol. The first-order valence-corrected chi connectivity index (χ1v) is 11.2. The molecule has 2 aromatic carbocycles. The van der Waals surface area contributed by atoms with Crippen molar-refractivity contribution in [2.24, 2.45) is 0 Å². The number of sulfonamides is 1. The first-order valence-electron chi connectivity index (χ1n) is 9.59. The summed E-state index contributed by atoms with van der Waals surface area (Å²) < 4.78 is 33.4. The van der Waals surface area contributed by atoms with Crippen LogP contribution in [-0.2, 0) is 22.2 Å². The Hall–Kier alpha value is -2.55. The summed E-state index contributed by atoms with van der Waals surface area (Å²) in [6.45, 7) is 0.592. The van der Waals surface area contributed by atoms with Crippen molar-refractivity contribution in [3.8, 4) is 0 Å². The molecule has 0 radical (unpaired) electrons. The molecule has 1 fully saturated rings. The van der Waals surface area contributed by atoms with E-state index in [2.05, 4.69) is 19.8 Å². The molecule has 29 heavy (non-hydrogen) atoms. The third-order valence-electron chi connectivity index (χ3n) is 5.07.